The second-order valence-corrected chi connectivity index (χ2v) is 10.1. The standard InChI is InChI=1S/C22H30O4/c1-19-9-6-15(24)12-14(19)4-5-17-16-7-10-21(25,8-3-11-23)20(16,2)13-18-22(17,19)26-18/h6,9,11,14,16-18,25H,3-5,7-8,10,12-13H2,1-2H3/t14-,16-,17-,18+,19-,20-,21-,22-/m0/s1. The van der Waals surface area contributed by atoms with E-state index in [1.807, 2.05) is 0 Å². The molecule has 1 N–H and O–H groups in total. The van der Waals surface area contributed by atoms with Crippen molar-refractivity contribution < 1.29 is 19.4 Å². The number of hydrogen-bond donors (Lipinski definition) is 1. The van der Waals surface area contributed by atoms with E-state index in [1.54, 1.807) is 6.08 Å². The minimum absolute atomic E-state index is 0.0562. The van der Waals surface area contributed by atoms with E-state index < -0.39 is 5.60 Å². The van der Waals surface area contributed by atoms with Gasteiger partial charge in [0.1, 0.15) is 11.9 Å². The molecule has 4 aliphatic carbocycles. The van der Waals surface area contributed by atoms with Gasteiger partial charge in [0, 0.05) is 23.7 Å². The van der Waals surface area contributed by atoms with E-state index >= 15 is 0 Å². The summed E-state index contributed by atoms with van der Waals surface area (Å²) in [6.07, 6.45) is 11.6. The zero-order valence-corrected chi connectivity index (χ0v) is 15.9. The Balaban J connectivity index is 1.52. The highest BCUT2D eigenvalue weighted by molar-refractivity contribution is 5.91. The molecule has 0 bridgehead atoms. The van der Waals surface area contributed by atoms with Crippen LogP contribution < -0.4 is 0 Å². The summed E-state index contributed by atoms with van der Waals surface area (Å²) >= 11 is 0. The van der Waals surface area contributed by atoms with Crippen molar-refractivity contribution in [1.29, 1.82) is 0 Å². The second-order valence-electron chi connectivity index (χ2n) is 10.1. The Bertz CT molecular complexity index is 700. The molecule has 0 aromatic heterocycles. The number of aldehydes is 1. The average Bonchev–Trinajstić information content (AvgIpc) is 3.26. The van der Waals surface area contributed by atoms with Crippen LogP contribution in [0.25, 0.3) is 0 Å². The van der Waals surface area contributed by atoms with Gasteiger partial charge in [0.25, 0.3) is 0 Å². The molecule has 4 heteroatoms. The molecule has 0 aromatic rings. The van der Waals surface area contributed by atoms with Crippen molar-refractivity contribution in [3.8, 4) is 0 Å². The van der Waals surface area contributed by atoms with Crippen LogP contribution in [0.2, 0.25) is 0 Å². The lowest BCUT2D eigenvalue weighted by molar-refractivity contribution is -0.132. The molecule has 5 rings (SSSR count). The summed E-state index contributed by atoms with van der Waals surface area (Å²) in [5.41, 5.74) is -1.10. The number of hydrogen-bond acceptors (Lipinski definition) is 4. The molecule has 0 aromatic carbocycles. The normalized spacial score (nSPS) is 57.0. The quantitative estimate of drug-likeness (QED) is 0.621. The van der Waals surface area contributed by atoms with Crippen LogP contribution in [0.3, 0.4) is 0 Å². The van der Waals surface area contributed by atoms with Crippen LogP contribution in [0, 0.1) is 28.6 Å². The van der Waals surface area contributed by atoms with Crippen molar-refractivity contribution in [3.05, 3.63) is 12.2 Å². The summed E-state index contributed by atoms with van der Waals surface area (Å²) in [5.74, 6) is 1.54. The Kier molecular flexibility index (Phi) is 3.34. The van der Waals surface area contributed by atoms with Gasteiger partial charge in [-0.1, -0.05) is 19.9 Å². The zero-order chi connectivity index (χ0) is 18.4. The summed E-state index contributed by atoms with van der Waals surface area (Å²) in [6, 6.07) is 0. The number of aliphatic hydroxyl groups is 1. The first-order chi connectivity index (χ1) is 12.3. The fourth-order valence-electron chi connectivity index (χ4n) is 7.89. The van der Waals surface area contributed by atoms with Crippen LogP contribution >= 0.6 is 0 Å². The van der Waals surface area contributed by atoms with E-state index in [1.165, 1.54) is 0 Å². The van der Waals surface area contributed by atoms with Gasteiger partial charge in [-0.25, -0.2) is 0 Å². The number of ketones is 1. The Morgan fingerprint density at radius 2 is 2.08 bits per heavy atom. The van der Waals surface area contributed by atoms with E-state index in [9.17, 15) is 14.7 Å². The molecule has 0 amide bonds. The molecular formula is C22H30O4. The molecule has 0 unspecified atom stereocenters. The predicted octanol–water partition coefficient (Wildman–Crippen LogP) is 3.22. The van der Waals surface area contributed by atoms with Crippen molar-refractivity contribution in [1.82, 2.24) is 0 Å². The minimum Gasteiger partial charge on any atom is -0.389 e. The van der Waals surface area contributed by atoms with Gasteiger partial charge < -0.3 is 14.6 Å². The summed E-state index contributed by atoms with van der Waals surface area (Å²) in [6.45, 7) is 4.55. The lowest BCUT2D eigenvalue weighted by Crippen LogP contribution is -2.61. The third-order valence-electron chi connectivity index (χ3n) is 9.41. The van der Waals surface area contributed by atoms with Gasteiger partial charge in [-0.3, -0.25) is 4.79 Å². The molecule has 1 spiro atoms. The van der Waals surface area contributed by atoms with Crippen molar-refractivity contribution in [2.24, 2.45) is 28.6 Å². The van der Waals surface area contributed by atoms with E-state index in [2.05, 4.69) is 19.9 Å². The lowest BCUT2D eigenvalue weighted by Gasteiger charge is -2.57. The Morgan fingerprint density at radius 1 is 1.27 bits per heavy atom. The Hall–Kier alpha value is -1.00. The number of epoxide rings is 1. The molecular weight excluding hydrogens is 328 g/mol. The Morgan fingerprint density at radius 3 is 2.85 bits per heavy atom. The highest BCUT2D eigenvalue weighted by Crippen LogP contribution is 2.76. The first-order valence-corrected chi connectivity index (χ1v) is 10.4. The maximum absolute atomic E-state index is 12.0. The number of carbonyl (C=O) groups is 2. The molecule has 1 heterocycles. The zero-order valence-electron chi connectivity index (χ0n) is 15.9. The molecule has 26 heavy (non-hydrogen) atoms. The van der Waals surface area contributed by atoms with Crippen LogP contribution in [-0.4, -0.2) is 34.5 Å². The topological polar surface area (TPSA) is 66.9 Å². The van der Waals surface area contributed by atoms with E-state index in [0.717, 1.165) is 38.4 Å². The molecule has 8 atom stereocenters. The van der Waals surface area contributed by atoms with Gasteiger partial charge in [0.05, 0.1) is 11.7 Å². The predicted molar refractivity (Wildman–Crippen MR) is 96.4 cm³/mol. The summed E-state index contributed by atoms with van der Waals surface area (Å²) in [7, 11) is 0. The summed E-state index contributed by atoms with van der Waals surface area (Å²) in [5, 5.41) is 11.5. The molecule has 3 saturated carbocycles. The fraction of sp³-hybridized carbons (Fsp3) is 0.818. The summed E-state index contributed by atoms with van der Waals surface area (Å²) < 4.78 is 6.53. The van der Waals surface area contributed by atoms with Crippen molar-refractivity contribution in [3.63, 3.8) is 0 Å². The largest absolute Gasteiger partial charge is 0.389 e. The fourth-order valence-corrected chi connectivity index (χ4v) is 7.89. The van der Waals surface area contributed by atoms with E-state index in [0.29, 0.717) is 37.0 Å². The van der Waals surface area contributed by atoms with Crippen molar-refractivity contribution in [2.45, 2.75) is 82.5 Å². The second kappa shape index (κ2) is 5.08. The van der Waals surface area contributed by atoms with Gasteiger partial charge in [0.2, 0.25) is 0 Å². The number of allylic oxidation sites excluding steroid dienone is 1. The van der Waals surface area contributed by atoms with Gasteiger partial charge in [-0.2, -0.15) is 0 Å². The monoisotopic (exact) mass is 358 g/mol. The lowest BCUT2D eigenvalue weighted by atomic mass is 9.45. The third kappa shape index (κ3) is 1.78. The van der Waals surface area contributed by atoms with Crippen LogP contribution in [0.5, 0.6) is 0 Å². The maximum Gasteiger partial charge on any atom is 0.155 e. The highest BCUT2D eigenvalue weighted by atomic mass is 16.6. The summed E-state index contributed by atoms with van der Waals surface area (Å²) in [4.78, 5) is 22.9. The van der Waals surface area contributed by atoms with Crippen molar-refractivity contribution >= 4 is 12.1 Å². The first-order valence-electron chi connectivity index (χ1n) is 10.4. The van der Waals surface area contributed by atoms with Gasteiger partial charge in [-0.05, 0) is 62.4 Å². The molecule has 0 radical (unpaired) electrons. The average molecular weight is 358 g/mol. The molecule has 142 valence electrons. The first kappa shape index (κ1) is 17.1. The van der Waals surface area contributed by atoms with Crippen molar-refractivity contribution in [2.75, 3.05) is 0 Å². The highest BCUT2D eigenvalue weighted by Gasteiger charge is 2.80. The van der Waals surface area contributed by atoms with Crippen LogP contribution in [0.15, 0.2) is 12.2 Å². The third-order valence-corrected chi connectivity index (χ3v) is 9.41. The smallest absolute Gasteiger partial charge is 0.155 e. The Labute approximate surface area is 155 Å². The number of carbonyl (C=O) groups excluding carboxylic acids is 2. The van der Waals surface area contributed by atoms with Gasteiger partial charge >= 0.3 is 0 Å². The van der Waals surface area contributed by atoms with Crippen LogP contribution in [0.4, 0.5) is 0 Å². The minimum atomic E-state index is -0.743. The molecule has 1 saturated heterocycles. The number of rotatable bonds is 3. The SMILES string of the molecule is C[C@]12C=CC(=O)C[C@@H]1CC[C@H]1[C@@H]3CC[C@@](O)(CCC=O)[C@@]3(C)C[C@H]3O[C@]312. The maximum atomic E-state index is 12.0. The van der Waals surface area contributed by atoms with Gasteiger partial charge in [-0.15, -0.1) is 0 Å². The molecule has 1 aliphatic heterocycles. The molecule has 4 fully saturated rings. The number of fused-ring (bicyclic) bond motifs is 3. The van der Waals surface area contributed by atoms with Crippen LogP contribution in [-0.2, 0) is 14.3 Å². The van der Waals surface area contributed by atoms with Gasteiger partial charge in [0.15, 0.2) is 5.78 Å². The van der Waals surface area contributed by atoms with E-state index in [4.69, 9.17) is 4.74 Å². The molecule has 4 nitrogen and oxygen atoms in total. The van der Waals surface area contributed by atoms with E-state index in [-0.39, 0.29) is 28.3 Å². The number of ether oxygens (including phenoxy) is 1. The molecule has 5 aliphatic rings. The van der Waals surface area contributed by atoms with Crippen LogP contribution in [0.1, 0.15) is 65.2 Å².